The fraction of sp³-hybridized carbons (Fsp3) is 0.769. The van der Waals surface area contributed by atoms with Gasteiger partial charge in [-0.05, 0) is 0 Å². The van der Waals surface area contributed by atoms with Crippen molar-refractivity contribution in [3.8, 4) is 0 Å². The summed E-state index contributed by atoms with van der Waals surface area (Å²) in [4.78, 5) is 51.4. The molecule has 0 unspecified atom stereocenters. The molecule has 2 amide bonds. The standard InChI is InChI=1S/C13H25N2O8PS/c1-9(16)25-7-6-14-10(17)4-5-15-12(19)11(18)13(2,3)8-23-24(20,21)22/h11,18H,4-8H2,1-3H3,(H,14,17)(H,15,19)(H2,20,21,22)/t11-/m1/s1. The highest BCUT2D eigenvalue weighted by atomic mass is 32.2. The molecule has 10 nitrogen and oxygen atoms in total. The average Bonchev–Trinajstić information content (AvgIpc) is 2.48. The van der Waals surface area contributed by atoms with Gasteiger partial charge in [-0.1, -0.05) is 25.6 Å². The Labute approximate surface area is 150 Å². The van der Waals surface area contributed by atoms with E-state index in [2.05, 4.69) is 15.2 Å². The van der Waals surface area contributed by atoms with Crippen LogP contribution in [0.5, 0.6) is 0 Å². The van der Waals surface area contributed by atoms with E-state index < -0.39 is 31.9 Å². The normalized spacial score (nSPS) is 13.2. The van der Waals surface area contributed by atoms with Crippen LogP contribution in [0, 0.1) is 5.41 Å². The Hall–Kier alpha value is -0.970. The maximum absolute atomic E-state index is 11.8. The number of nitrogens with one attached hydrogen (secondary N) is 2. The first kappa shape index (κ1) is 24.0. The van der Waals surface area contributed by atoms with Crippen molar-refractivity contribution in [2.45, 2.75) is 33.3 Å². The van der Waals surface area contributed by atoms with Crippen LogP contribution < -0.4 is 10.6 Å². The van der Waals surface area contributed by atoms with E-state index in [1.807, 2.05) is 0 Å². The van der Waals surface area contributed by atoms with Crippen LogP contribution >= 0.6 is 19.6 Å². The molecule has 0 aromatic rings. The number of phosphoric acid groups is 1. The molecule has 0 aliphatic heterocycles. The molecule has 0 aromatic heterocycles. The van der Waals surface area contributed by atoms with E-state index in [4.69, 9.17) is 9.79 Å². The summed E-state index contributed by atoms with van der Waals surface area (Å²) >= 11 is 1.09. The number of hydrogen-bond acceptors (Lipinski definition) is 7. The summed E-state index contributed by atoms with van der Waals surface area (Å²) in [7, 11) is -4.70. The number of thioether (sulfide) groups is 1. The van der Waals surface area contributed by atoms with Gasteiger partial charge in [-0.3, -0.25) is 18.9 Å². The summed E-state index contributed by atoms with van der Waals surface area (Å²) < 4.78 is 15.0. The SMILES string of the molecule is CC(=O)SCCNC(=O)CCNC(=O)[C@@H](O)C(C)(C)COP(=O)(O)O. The van der Waals surface area contributed by atoms with Gasteiger partial charge in [0, 0.05) is 37.6 Å². The van der Waals surface area contributed by atoms with E-state index in [9.17, 15) is 24.1 Å². The molecule has 1 atom stereocenters. The number of carbonyl (C=O) groups is 3. The maximum atomic E-state index is 11.8. The lowest BCUT2D eigenvalue weighted by atomic mass is 9.87. The Bertz CT molecular complexity index is 522. The maximum Gasteiger partial charge on any atom is 0.469 e. The molecule has 0 heterocycles. The van der Waals surface area contributed by atoms with Crippen LogP contribution in [0.2, 0.25) is 0 Å². The van der Waals surface area contributed by atoms with Gasteiger partial charge in [0.1, 0.15) is 6.10 Å². The van der Waals surface area contributed by atoms with Gasteiger partial charge in [0.05, 0.1) is 6.61 Å². The Morgan fingerprint density at radius 2 is 1.80 bits per heavy atom. The monoisotopic (exact) mass is 400 g/mol. The van der Waals surface area contributed by atoms with Crippen LogP contribution in [0.3, 0.4) is 0 Å². The molecular weight excluding hydrogens is 375 g/mol. The number of hydrogen-bond donors (Lipinski definition) is 5. The number of phosphoric ester groups is 1. The Morgan fingerprint density at radius 3 is 2.32 bits per heavy atom. The molecule has 0 spiro atoms. The summed E-state index contributed by atoms with van der Waals surface area (Å²) in [6, 6.07) is 0. The van der Waals surface area contributed by atoms with Crippen molar-refractivity contribution in [2.24, 2.45) is 5.41 Å². The zero-order chi connectivity index (χ0) is 19.7. The van der Waals surface area contributed by atoms with E-state index >= 15 is 0 Å². The molecule has 0 saturated carbocycles. The van der Waals surface area contributed by atoms with E-state index in [1.54, 1.807) is 0 Å². The highest BCUT2D eigenvalue weighted by molar-refractivity contribution is 8.13. The molecule has 5 N–H and O–H groups in total. The Balaban J connectivity index is 4.13. The zero-order valence-electron chi connectivity index (χ0n) is 14.4. The van der Waals surface area contributed by atoms with Crippen LogP contribution in [-0.2, 0) is 23.5 Å². The lowest BCUT2D eigenvalue weighted by Gasteiger charge is -2.29. The second kappa shape index (κ2) is 10.9. The van der Waals surface area contributed by atoms with Gasteiger partial charge in [-0.15, -0.1) is 0 Å². The predicted molar refractivity (Wildman–Crippen MR) is 91.6 cm³/mol. The number of aliphatic hydroxyl groups is 1. The minimum atomic E-state index is -4.70. The van der Waals surface area contributed by atoms with Crippen molar-refractivity contribution in [3.63, 3.8) is 0 Å². The van der Waals surface area contributed by atoms with E-state index in [1.165, 1.54) is 20.8 Å². The van der Waals surface area contributed by atoms with Crippen LogP contribution in [0.4, 0.5) is 0 Å². The zero-order valence-corrected chi connectivity index (χ0v) is 16.1. The first-order chi connectivity index (χ1) is 11.3. The van der Waals surface area contributed by atoms with E-state index in [0.29, 0.717) is 12.3 Å². The molecule has 25 heavy (non-hydrogen) atoms. The van der Waals surface area contributed by atoms with Gasteiger partial charge in [0.25, 0.3) is 0 Å². The molecule has 0 saturated heterocycles. The molecule has 12 heteroatoms. The summed E-state index contributed by atoms with van der Waals surface area (Å²) in [6.07, 6.45) is -1.59. The molecule has 146 valence electrons. The molecule has 0 aromatic carbocycles. The molecule has 0 aliphatic rings. The van der Waals surface area contributed by atoms with Crippen molar-refractivity contribution in [2.75, 3.05) is 25.4 Å². The lowest BCUT2D eigenvalue weighted by molar-refractivity contribution is -0.137. The summed E-state index contributed by atoms with van der Waals surface area (Å²) in [6.45, 7) is 4.03. The molecule has 0 bridgehead atoms. The van der Waals surface area contributed by atoms with Crippen LogP contribution in [0.15, 0.2) is 0 Å². The third-order valence-electron chi connectivity index (χ3n) is 2.97. The fourth-order valence-corrected chi connectivity index (χ4v) is 2.55. The smallest absolute Gasteiger partial charge is 0.383 e. The minimum absolute atomic E-state index is 0.0113. The quantitative estimate of drug-likeness (QED) is 0.225. The molecular formula is C13H25N2O8PS. The van der Waals surface area contributed by atoms with Gasteiger partial charge in [0.15, 0.2) is 5.12 Å². The van der Waals surface area contributed by atoms with Crippen LogP contribution in [0.25, 0.3) is 0 Å². The van der Waals surface area contributed by atoms with Gasteiger partial charge in [-0.25, -0.2) is 4.57 Å². The fourth-order valence-electron chi connectivity index (χ4n) is 1.55. The van der Waals surface area contributed by atoms with Crippen molar-refractivity contribution < 1.29 is 38.4 Å². The van der Waals surface area contributed by atoms with Gasteiger partial charge < -0.3 is 25.5 Å². The molecule has 0 radical (unpaired) electrons. The van der Waals surface area contributed by atoms with Crippen molar-refractivity contribution in [1.29, 1.82) is 0 Å². The summed E-state index contributed by atoms with van der Waals surface area (Å²) in [5.41, 5.74) is -1.24. The van der Waals surface area contributed by atoms with Crippen molar-refractivity contribution in [1.82, 2.24) is 10.6 Å². The highest BCUT2D eigenvalue weighted by Crippen LogP contribution is 2.38. The minimum Gasteiger partial charge on any atom is -0.383 e. The first-order valence-corrected chi connectivity index (χ1v) is 9.92. The summed E-state index contributed by atoms with van der Waals surface area (Å²) in [5, 5.41) is 14.9. The molecule has 0 aliphatic carbocycles. The van der Waals surface area contributed by atoms with E-state index in [0.717, 1.165) is 11.8 Å². The topological polar surface area (TPSA) is 162 Å². The number of aliphatic hydroxyl groups excluding tert-OH is 1. The van der Waals surface area contributed by atoms with E-state index in [-0.39, 0.29) is 24.0 Å². The number of rotatable bonds is 11. The second-order valence-electron chi connectivity index (χ2n) is 5.89. The summed E-state index contributed by atoms with van der Waals surface area (Å²) in [5.74, 6) is -0.637. The Morgan fingerprint density at radius 1 is 1.20 bits per heavy atom. The van der Waals surface area contributed by atoms with Crippen molar-refractivity contribution in [3.05, 3.63) is 0 Å². The van der Waals surface area contributed by atoms with Crippen molar-refractivity contribution >= 4 is 36.5 Å². The van der Waals surface area contributed by atoms with Gasteiger partial charge in [-0.2, -0.15) is 0 Å². The number of carbonyl (C=O) groups excluding carboxylic acids is 3. The third kappa shape index (κ3) is 12.1. The number of amides is 2. The van der Waals surface area contributed by atoms with Gasteiger partial charge in [0.2, 0.25) is 11.8 Å². The average molecular weight is 400 g/mol. The highest BCUT2D eigenvalue weighted by Gasteiger charge is 2.35. The molecule has 0 fully saturated rings. The van der Waals surface area contributed by atoms with Crippen LogP contribution in [-0.4, -0.2) is 63.4 Å². The Kier molecular flexibility index (Phi) is 10.5. The largest absolute Gasteiger partial charge is 0.469 e. The second-order valence-corrected chi connectivity index (χ2v) is 8.40. The predicted octanol–water partition coefficient (Wildman–Crippen LogP) is -0.615. The third-order valence-corrected chi connectivity index (χ3v) is 4.25. The molecule has 0 rings (SSSR count). The first-order valence-electron chi connectivity index (χ1n) is 7.41. The van der Waals surface area contributed by atoms with Gasteiger partial charge >= 0.3 is 7.82 Å². The lowest BCUT2D eigenvalue weighted by Crippen LogP contribution is -2.46. The van der Waals surface area contributed by atoms with Crippen LogP contribution in [0.1, 0.15) is 27.2 Å².